The lowest BCUT2D eigenvalue weighted by Gasteiger charge is -2.42. The van der Waals surface area contributed by atoms with Crippen LogP contribution in [0, 0.1) is 17.8 Å². The molecule has 2 fully saturated rings. The normalized spacial score (nSPS) is 25.5. The first-order valence-corrected chi connectivity index (χ1v) is 11.7. The van der Waals surface area contributed by atoms with Gasteiger partial charge in [-0.3, -0.25) is 4.79 Å². The Morgan fingerprint density at radius 1 is 0.719 bits per heavy atom. The highest BCUT2D eigenvalue weighted by Gasteiger charge is 2.44. The number of carbonyl (C=O) groups is 1. The summed E-state index contributed by atoms with van der Waals surface area (Å²) in [5.74, 6) is 0.533. The molecule has 32 heavy (non-hydrogen) atoms. The topological polar surface area (TPSA) is 46.5 Å². The molecule has 2 aliphatic carbocycles. The number of aliphatic hydroxyl groups excluding tert-OH is 1. The fourth-order valence-electron chi connectivity index (χ4n) is 5.83. The lowest BCUT2D eigenvalue weighted by Crippen LogP contribution is -2.43. The van der Waals surface area contributed by atoms with E-state index in [9.17, 15) is 9.90 Å². The van der Waals surface area contributed by atoms with E-state index in [2.05, 4.69) is 36.4 Å². The first-order valence-electron chi connectivity index (χ1n) is 11.7. The summed E-state index contributed by atoms with van der Waals surface area (Å²) in [5, 5.41) is 10.1. The summed E-state index contributed by atoms with van der Waals surface area (Å²) in [5.41, 5.74) is 2.36. The van der Waals surface area contributed by atoms with Gasteiger partial charge in [-0.2, -0.15) is 0 Å². The molecule has 3 aromatic rings. The van der Waals surface area contributed by atoms with Gasteiger partial charge >= 0.3 is 0 Å². The first kappa shape index (κ1) is 21.1. The molecule has 2 saturated carbocycles. The molecule has 0 saturated heterocycles. The Labute approximate surface area is 190 Å². The smallest absolute Gasteiger partial charge is 0.143 e. The van der Waals surface area contributed by atoms with Crippen LogP contribution in [0.5, 0.6) is 0 Å². The van der Waals surface area contributed by atoms with Gasteiger partial charge in [0.2, 0.25) is 0 Å². The molecule has 0 radical (unpaired) electrons. The molecule has 0 amide bonds. The molecule has 0 spiro atoms. The van der Waals surface area contributed by atoms with Crippen LogP contribution in [-0.4, -0.2) is 23.6 Å². The lowest BCUT2D eigenvalue weighted by molar-refractivity contribution is -0.139. The van der Waals surface area contributed by atoms with E-state index in [0.29, 0.717) is 18.9 Å². The van der Waals surface area contributed by atoms with Gasteiger partial charge in [0.05, 0.1) is 12.7 Å². The zero-order valence-electron chi connectivity index (χ0n) is 18.3. The van der Waals surface area contributed by atoms with Crippen molar-refractivity contribution in [1.82, 2.24) is 0 Å². The Morgan fingerprint density at radius 3 is 1.72 bits per heavy atom. The predicted molar refractivity (Wildman–Crippen MR) is 125 cm³/mol. The third kappa shape index (κ3) is 3.92. The van der Waals surface area contributed by atoms with Gasteiger partial charge < -0.3 is 9.84 Å². The van der Waals surface area contributed by atoms with Crippen LogP contribution in [0.2, 0.25) is 0 Å². The quantitative estimate of drug-likeness (QED) is 0.540. The number of benzene rings is 3. The number of ketones is 1. The number of carbonyl (C=O) groups excluding carboxylic acids is 1. The number of hydrogen-bond donors (Lipinski definition) is 1. The van der Waals surface area contributed by atoms with Crippen LogP contribution in [0.1, 0.15) is 42.4 Å². The minimum atomic E-state index is -0.796. The number of hydrogen-bond acceptors (Lipinski definition) is 3. The van der Waals surface area contributed by atoms with Crippen LogP contribution in [0.15, 0.2) is 91.0 Å². The minimum Gasteiger partial charge on any atom is -0.393 e. The standard InChI is InChI=1S/C29H30O3/c30-27-18-21-16-22(19-27)28(31)23(17-21)20-32-29(24-10-4-1-5-11-24,25-12-6-2-7-13-25)26-14-8-3-9-15-26/h1-15,21-23,27,30H,16-20H2. The third-order valence-electron chi connectivity index (χ3n) is 7.24. The van der Waals surface area contributed by atoms with E-state index < -0.39 is 5.60 Å². The molecule has 3 aromatic carbocycles. The molecule has 3 heteroatoms. The number of rotatable bonds is 6. The number of ether oxygens (including phenoxy) is 1. The summed E-state index contributed by atoms with van der Waals surface area (Å²) < 4.78 is 6.91. The first-order chi connectivity index (χ1) is 15.7. The van der Waals surface area contributed by atoms with E-state index >= 15 is 0 Å². The molecule has 4 unspecified atom stereocenters. The monoisotopic (exact) mass is 426 g/mol. The molecule has 164 valence electrons. The largest absolute Gasteiger partial charge is 0.393 e. The summed E-state index contributed by atoms with van der Waals surface area (Å²) in [6.45, 7) is 0.376. The molecule has 4 atom stereocenters. The highest BCUT2D eigenvalue weighted by molar-refractivity contribution is 5.84. The lowest BCUT2D eigenvalue weighted by atomic mass is 9.66. The van der Waals surface area contributed by atoms with Crippen LogP contribution in [-0.2, 0) is 15.1 Å². The maximum Gasteiger partial charge on any atom is 0.143 e. The second-order valence-electron chi connectivity index (χ2n) is 9.35. The van der Waals surface area contributed by atoms with Gasteiger partial charge in [0.15, 0.2) is 0 Å². The maximum atomic E-state index is 13.2. The fourth-order valence-corrected chi connectivity index (χ4v) is 5.83. The van der Waals surface area contributed by atoms with Crippen molar-refractivity contribution >= 4 is 5.78 Å². The van der Waals surface area contributed by atoms with Crippen molar-refractivity contribution in [1.29, 1.82) is 0 Å². The van der Waals surface area contributed by atoms with Crippen molar-refractivity contribution < 1.29 is 14.6 Å². The molecular weight excluding hydrogens is 396 g/mol. The molecule has 1 N–H and O–H groups in total. The highest BCUT2D eigenvalue weighted by Crippen LogP contribution is 2.44. The molecule has 2 bridgehead atoms. The SMILES string of the molecule is O=C1C(COC(c2ccccc2)(c2ccccc2)c2ccccc2)CC2CC(O)CC1C2. The van der Waals surface area contributed by atoms with Crippen LogP contribution >= 0.6 is 0 Å². The summed E-state index contributed by atoms with van der Waals surface area (Å²) in [7, 11) is 0. The van der Waals surface area contributed by atoms with E-state index in [1.54, 1.807) is 0 Å². The van der Waals surface area contributed by atoms with Crippen molar-refractivity contribution in [3.05, 3.63) is 108 Å². The Balaban J connectivity index is 1.54. The van der Waals surface area contributed by atoms with Crippen LogP contribution < -0.4 is 0 Å². The second-order valence-corrected chi connectivity index (χ2v) is 9.35. The van der Waals surface area contributed by atoms with Crippen molar-refractivity contribution in [2.75, 3.05) is 6.61 Å². The number of Topliss-reactive ketones (excluding diaryl/α,β-unsaturated/α-hetero) is 1. The van der Waals surface area contributed by atoms with Gasteiger partial charge in [-0.05, 0) is 48.3 Å². The van der Waals surface area contributed by atoms with E-state index in [4.69, 9.17) is 4.74 Å². The average molecular weight is 427 g/mol. The van der Waals surface area contributed by atoms with E-state index in [-0.39, 0.29) is 23.7 Å². The summed E-state index contributed by atoms with van der Waals surface area (Å²) in [4.78, 5) is 13.2. The molecule has 5 rings (SSSR count). The van der Waals surface area contributed by atoms with Crippen molar-refractivity contribution in [2.45, 2.75) is 37.4 Å². The van der Waals surface area contributed by atoms with Crippen molar-refractivity contribution in [3.8, 4) is 0 Å². The zero-order chi connectivity index (χ0) is 22.0. The molecular formula is C29H30O3. The predicted octanol–water partition coefficient (Wildman–Crippen LogP) is 5.36. The fraction of sp³-hybridized carbons (Fsp3) is 0.345. The van der Waals surface area contributed by atoms with Gasteiger partial charge in [-0.25, -0.2) is 0 Å². The zero-order valence-corrected chi connectivity index (χ0v) is 18.3. The Kier molecular flexibility index (Phi) is 5.95. The van der Waals surface area contributed by atoms with Crippen molar-refractivity contribution in [2.24, 2.45) is 17.8 Å². The number of fused-ring (bicyclic) bond motifs is 2. The Hall–Kier alpha value is -2.75. The molecule has 3 nitrogen and oxygen atoms in total. The molecule has 0 aliphatic heterocycles. The van der Waals surface area contributed by atoms with E-state index in [0.717, 1.165) is 36.0 Å². The third-order valence-corrected chi connectivity index (χ3v) is 7.24. The van der Waals surface area contributed by atoms with Gasteiger partial charge in [0.25, 0.3) is 0 Å². The second kappa shape index (κ2) is 9.01. The molecule has 0 aromatic heterocycles. The minimum absolute atomic E-state index is 0.0225. The molecule has 0 heterocycles. The van der Waals surface area contributed by atoms with E-state index in [1.807, 2.05) is 54.6 Å². The van der Waals surface area contributed by atoms with Gasteiger partial charge in [0, 0.05) is 11.8 Å². The van der Waals surface area contributed by atoms with Crippen LogP contribution in [0.4, 0.5) is 0 Å². The average Bonchev–Trinajstić information content (AvgIpc) is 2.84. The molecule has 2 aliphatic rings. The van der Waals surface area contributed by atoms with E-state index in [1.165, 1.54) is 0 Å². The summed E-state index contributed by atoms with van der Waals surface area (Å²) in [6.07, 6.45) is 2.81. The summed E-state index contributed by atoms with van der Waals surface area (Å²) >= 11 is 0. The van der Waals surface area contributed by atoms with Gasteiger partial charge in [0.1, 0.15) is 11.4 Å². The van der Waals surface area contributed by atoms with Gasteiger partial charge in [-0.1, -0.05) is 91.0 Å². The van der Waals surface area contributed by atoms with Crippen LogP contribution in [0.25, 0.3) is 0 Å². The van der Waals surface area contributed by atoms with Crippen LogP contribution in [0.3, 0.4) is 0 Å². The highest BCUT2D eigenvalue weighted by atomic mass is 16.5. The maximum absolute atomic E-state index is 13.2. The Bertz CT molecular complexity index is 933. The van der Waals surface area contributed by atoms with Gasteiger partial charge in [-0.15, -0.1) is 0 Å². The van der Waals surface area contributed by atoms with Crippen molar-refractivity contribution in [3.63, 3.8) is 0 Å². The Morgan fingerprint density at radius 2 is 1.22 bits per heavy atom. The summed E-state index contributed by atoms with van der Waals surface area (Å²) in [6, 6.07) is 30.9. The number of aliphatic hydroxyl groups is 1.